The summed E-state index contributed by atoms with van der Waals surface area (Å²) in [5, 5.41) is 8.97. The second kappa shape index (κ2) is 5.88. The molecular formula is C11H12ClN3O2S. The van der Waals surface area contributed by atoms with Gasteiger partial charge in [-0.1, -0.05) is 16.8 Å². The second-order valence-corrected chi connectivity index (χ2v) is 5.46. The minimum absolute atomic E-state index is 0.300. The molecule has 2 aromatic heterocycles. The van der Waals surface area contributed by atoms with Gasteiger partial charge in [-0.3, -0.25) is 5.32 Å². The Labute approximate surface area is 113 Å². The van der Waals surface area contributed by atoms with Crippen LogP contribution in [0.25, 0.3) is 0 Å². The van der Waals surface area contributed by atoms with Crippen LogP contribution in [-0.2, 0) is 6.42 Å². The quantitative estimate of drug-likeness (QED) is 0.907. The largest absolute Gasteiger partial charge is 0.360 e. The third-order valence-corrected chi connectivity index (χ3v) is 3.45. The second-order valence-electron chi connectivity index (χ2n) is 3.66. The van der Waals surface area contributed by atoms with Crippen LogP contribution in [0.15, 0.2) is 22.7 Å². The smallest absolute Gasteiger partial charge is 0.320 e. The van der Waals surface area contributed by atoms with E-state index < -0.39 is 0 Å². The summed E-state index contributed by atoms with van der Waals surface area (Å²) >= 11 is 7.32. The molecule has 18 heavy (non-hydrogen) atoms. The SMILES string of the molecule is Cc1cc(NC(=O)NCCc2ccc(Cl)s2)no1. The fourth-order valence-corrected chi connectivity index (χ4v) is 2.46. The van der Waals surface area contributed by atoms with E-state index in [0.717, 1.165) is 15.6 Å². The number of nitrogens with one attached hydrogen (secondary N) is 2. The molecule has 2 aromatic rings. The van der Waals surface area contributed by atoms with E-state index in [2.05, 4.69) is 15.8 Å². The number of aromatic nitrogens is 1. The Kier molecular flexibility index (Phi) is 4.22. The molecule has 0 spiro atoms. The predicted molar refractivity (Wildman–Crippen MR) is 71.3 cm³/mol. The summed E-state index contributed by atoms with van der Waals surface area (Å²) in [5.74, 6) is 1.06. The number of hydrogen-bond acceptors (Lipinski definition) is 4. The van der Waals surface area contributed by atoms with Gasteiger partial charge < -0.3 is 9.84 Å². The van der Waals surface area contributed by atoms with E-state index in [1.54, 1.807) is 13.0 Å². The summed E-state index contributed by atoms with van der Waals surface area (Å²) in [6.45, 7) is 2.30. The molecule has 0 unspecified atom stereocenters. The maximum Gasteiger partial charge on any atom is 0.320 e. The average molecular weight is 286 g/mol. The summed E-state index contributed by atoms with van der Waals surface area (Å²) < 4.78 is 5.59. The summed E-state index contributed by atoms with van der Waals surface area (Å²) in [4.78, 5) is 12.6. The molecule has 0 atom stereocenters. The topological polar surface area (TPSA) is 67.2 Å². The Morgan fingerprint density at radius 2 is 2.39 bits per heavy atom. The van der Waals surface area contributed by atoms with Gasteiger partial charge in [0.05, 0.1) is 4.34 Å². The lowest BCUT2D eigenvalue weighted by Crippen LogP contribution is -2.30. The molecule has 2 amide bonds. The summed E-state index contributed by atoms with van der Waals surface area (Å²) in [7, 11) is 0. The van der Waals surface area contributed by atoms with Gasteiger partial charge in [-0.15, -0.1) is 11.3 Å². The molecule has 0 aromatic carbocycles. The molecular weight excluding hydrogens is 274 g/mol. The van der Waals surface area contributed by atoms with Gasteiger partial charge in [-0.05, 0) is 25.5 Å². The lowest BCUT2D eigenvalue weighted by molar-refractivity contribution is 0.252. The van der Waals surface area contributed by atoms with Crippen LogP contribution in [0, 0.1) is 6.92 Å². The van der Waals surface area contributed by atoms with Gasteiger partial charge in [0.1, 0.15) is 5.76 Å². The number of carbonyl (C=O) groups excluding carboxylic acids is 1. The number of amides is 2. The fourth-order valence-electron chi connectivity index (χ4n) is 1.37. The number of halogens is 1. The number of thiophene rings is 1. The number of aryl methyl sites for hydroxylation is 1. The van der Waals surface area contributed by atoms with E-state index in [1.807, 2.05) is 12.1 Å². The third-order valence-electron chi connectivity index (χ3n) is 2.16. The number of anilines is 1. The lowest BCUT2D eigenvalue weighted by atomic mass is 10.3. The normalized spacial score (nSPS) is 10.3. The monoisotopic (exact) mass is 285 g/mol. The Morgan fingerprint density at radius 1 is 1.56 bits per heavy atom. The van der Waals surface area contributed by atoms with Crippen LogP contribution < -0.4 is 10.6 Å². The lowest BCUT2D eigenvalue weighted by Gasteiger charge is -2.03. The van der Waals surface area contributed by atoms with E-state index in [-0.39, 0.29) is 6.03 Å². The third kappa shape index (κ3) is 3.75. The highest BCUT2D eigenvalue weighted by Gasteiger charge is 2.05. The molecule has 2 N–H and O–H groups in total. The van der Waals surface area contributed by atoms with Gasteiger partial charge in [-0.2, -0.15) is 0 Å². The van der Waals surface area contributed by atoms with Gasteiger partial charge in [0.15, 0.2) is 5.82 Å². The molecule has 2 heterocycles. The van der Waals surface area contributed by atoms with Gasteiger partial charge in [0, 0.05) is 17.5 Å². The highest BCUT2D eigenvalue weighted by molar-refractivity contribution is 7.16. The number of carbonyl (C=O) groups is 1. The van der Waals surface area contributed by atoms with Gasteiger partial charge in [-0.25, -0.2) is 4.79 Å². The molecule has 0 fully saturated rings. The first-order valence-electron chi connectivity index (χ1n) is 5.36. The minimum atomic E-state index is -0.300. The van der Waals surface area contributed by atoms with Gasteiger partial charge in [0.25, 0.3) is 0 Å². The Morgan fingerprint density at radius 3 is 3.00 bits per heavy atom. The number of urea groups is 1. The molecule has 0 aliphatic rings. The van der Waals surface area contributed by atoms with Crippen molar-refractivity contribution >= 4 is 34.8 Å². The summed E-state index contributed by atoms with van der Waals surface area (Å²) in [6, 6.07) is 5.15. The maximum atomic E-state index is 11.5. The summed E-state index contributed by atoms with van der Waals surface area (Å²) in [6.07, 6.45) is 0.753. The van der Waals surface area contributed by atoms with Crippen LogP contribution in [0.5, 0.6) is 0 Å². The van der Waals surface area contributed by atoms with Crippen molar-refractivity contribution in [3.8, 4) is 0 Å². The van der Waals surface area contributed by atoms with E-state index in [1.165, 1.54) is 11.3 Å². The first-order chi connectivity index (χ1) is 8.63. The number of nitrogens with zero attached hydrogens (tertiary/aromatic N) is 1. The van der Waals surface area contributed by atoms with E-state index >= 15 is 0 Å². The summed E-state index contributed by atoms with van der Waals surface area (Å²) in [5.41, 5.74) is 0. The molecule has 0 bridgehead atoms. The molecule has 0 aliphatic carbocycles. The van der Waals surface area contributed by atoms with Crippen molar-refractivity contribution in [3.63, 3.8) is 0 Å². The van der Waals surface area contributed by atoms with Crippen LogP contribution in [-0.4, -0.2) is 17.7 Å². The van der Waals surface area contributed by atoms with Crippen molar-refractivity contribution in [1.29, 1.82) is 0 Å². The molecule has 2 rings (SSSR count). The van der Waals surface area contributed by atoms with E-state index in [0.29, 0.717) is 18.1 Å². The fraction of sp³-hybridized carbons (Fsp3) is 0.273. The zero-order valence-corrected chi connectivity index (χ0v) is 11.3. The van der Waals surface area contributed by atoms with Crippen molar-refractivity contribution in [2.45, 2.75) is 13.3 Å². The van der Waals surface area contributed by atoms with Crippen molar-refractivity contribution < 1.29 is 9.32 Å². The van der Waals surface area contributed by atoms with Crippen LogP contribution >= 0.6 is 22.9 Å². The van der Waals surface area contributed by atoms with Crippen molar-refractivity contribution in [3.05, 3.63) is 33.2 Å². The molecule has 96 valence electrons. The minimum Gasteiger partial charge on any atom is -0.360 e. The van der Waals surface area contributed by atoms with Crippen LogP contribution in [0.3, 0.4) is 0 Å². The molecule has 7 heteroatoms. The number of rotatable bonds is 4. The predicted octanol–water partition coefficient (Wildman–Crippen LogP) is 3.06. The Bertz CT molecular complexity index is 538. The van der Waals surface area contributed by atoms with Crippen LogP contribution in [0.2, 0.25) is 4.34 Å². The zero-order chi connectivity index (χ0) is 13.0. The average Bonchev–Trinajstić information content (AvgIpc) is 2.88. The van der Waals surface area contributed by atoms with Crippen molar-refractivity contribution in [2.24, 2.45) is 0 Å². The first kappa shape index (κ1) is 12.9. The van der Waals surface area contributed by atoms with Gasteiger partial charge >= 0.3 is 6.03 Å². The molecule has 0 saturated carbocycles. The Balaban J connectivity index is 1.72. The zero-order valence-electron chi connectivity index (χ0n) is 9.70. The van der Waals surface area contributed by atoms with Gasteiger partial charge in [0.2, 0.25) is 0 Å². The molecule has 5 nitrogen and oxygen atoms in total. The molecule has 0 radical (unpaired) electrons. The highest BCUT2D eigenvalue weighted by atomic mass is 35.5. The maximum absolute atomic E-state index is 11.5. The van der Waals surface area contributed by atoms with E-state index in [4.69, 9.17) is 16.1 Å². The standard InChI is InChI=1S/C11H12ClN3O2S/c1-7-6-10(15-17-7)14-11(16)13-5-4-8-2-3-9(12)18-8/h2-3,6H,4-5H2,1H3,(H2,13,14,15,16). The van der Waals surface area contributed by atoms with Crippen molar-refractivity contribution in [1.82, 2.24) is 10.5 Å². The first-order valence-corrected chi connectivity index (χ1v) is 6.55. The van der Waals surface area contributed by atoms with Crippen LogP contribution in [0.1, 0.15) is 10.6 Å². The molecule has 0 saturated heterocycles. The Hall–Kier alpha value is -1.53. The molecule has 0 aliphatic heterocycles. The van der Waals surface area contributed by atoms with Crippen LogP contribution in [0.4, 0.5) is 10.6 Å². The highest BCUT2D eigenvalue weighted by Crippen LogP contribution is 2.21. The number of hydrogen-bond donors (Lipinski definition) is 2. The van der Waals surface area contributed by atoms with Crippen molar-refractivity contribution in [2.75, 3.05) is 11.9 Å². The van der Waals surface area contributed by atoms with E-state index in [9.17, 15) is 4.79 Å².